The van der Waals surface area contributed by atoms with Gasteiger partial charge in [-0.3, -0.25) is 4.79 Å². The second-order valence-electron chi connectivity index (χ2n) is 9.15. The van der Waals surface area contributed by atoms with Crippen molar-refractivity contribution in [1.29, 1.82) is 0 Å². The van der Waals surface area contributed by atoms with Gasteiger partial charge in [0, 0.05) is 32.4 Å². The molecule has 0 aliphatic rings. The minimum absolute atomic E-state index is 0.0722. The van der Waals surface area contributed by atoms with Crippen LogP contribution in [-0.4, -0.2) is 59.9 Å². The minimum atomic E-state index is -0.171. The Morgan fingerprint density at radius 3 is 2.67 bits per heavy atom. The number of nitrogens with zero attached hydrogens (tertiary/aromatic N) is 4. The lowest BCUT2D eigenvalue weighted by Gasteiger charge is -2.28. The van der Waals surface area contributed by atoms with Crippen LogP contribution >= 0.6 is 11.6 Å². The number of pyridine rings is 1. The van der Waals surface area contributed by atoms with Crippen LogP contribution in [0.1, 0.15) is 36.7 Å². The summed E-state index contributed by atoms with van der Waals surface area (Å²) < 4.78 is 7.05. The van der Waals surface area contributed by atoms with Gasteiger partial charge in [0.05, 0.1) is 35.0 Å². The highest BCUT2D eigenvalue weighted by Crippen LogP contribution is 2.29. The van der Waals surface area contributed by atoms with Crippen LogP contribution < -0.4 is 15.4 Å². The number of ether oxygens (including phenoxy) is 1. The maximum atomic E-state index is 13.2. The van der Waals surface area contributed by atoms with E-state index in [0.29, 0.717) is 41.7 Å². The molecule has 178 valence electrons. The number of rotatable bonds is 10. The Morgan fingerprint density at radius 1 is 1.27 bits per heavy atom. The van der Waals surface area contributed by atoms with Crippen LogP contribution in [0.3, 0.4) is 0 Å². The van der Waals surface area contributed by atoms with Crippen LogP contribution in [0, 0.1) is 5.41 Å². The van der Waals surface area contributed by atoms with Crippen molar-refractivity contribution in [2.24, 2.45) is 5.41 Å². The molecule has 0 saturated heterocycles. The first-order valence-corrected chi connectivity index (χ1v) is 11.4. The Labute approximate surface area is 200 Å². The number of aryl methyl sites for hydroxylation is 1. The highest BCUT2D eigenvalue weighted by Gasteiger charge is 2.23. The van der Waals surface area contributed by atoms with Gasteiger partial charge in [0.2, 0.25) is 0 Å². The van der Waals surface area contributed by atoms with Crippen LogP contribution in [0.15, 0.2) is 30.6 Å². The van der Waals surface area contributed by atoms with Gasteiger partial charge < -0.3 is 20.3 Å². The van der Waals surface area contributed by atoms with Crippen LogP contribution in [-0.2, 0) is 13.1 Å². The van der Waals surface area contributed by atoms with Crippen LogP contribution in [0.25, 0.3) is 11.0 Å². The Kier molecular flexibility index (Phi) is 7.81. The zero-order valence-electron chi connectivity index (χ0n) is 20.2. The summed E-state index contributed by atoms with van der Waals surface area (Å²) in [6, 6.07) is 5.62. The molecule has 0 fully saturated rings. The third kappa shape index (κ3) is 5.94. The minimum Gasteiger partial charge on any atom is -0.495 e. The molecule has 0 unspecified atom stereocenters. The fourth-order valence-corrected chi connectivity index (χ4v) is 4.24. The quantitative estimate of drug-likeness (QED) is 0.463. The number of anilines is 1. The summed E-state index contributed by atoms with van der Waals surface area (Å²) in [7, 11) is 5.64. The number of hydrogen-bond acceptors (Lipinski definition) is 6. The van der Waals surface area contributed by atoms with Crippen LogP contribution in [0.2, 0.25) is 5.02 Å². The summed E-state index contributed by atoms with van der Waals surface area (Å²) >= 11 is 6.29. The van der Waals surface area contributed by atoms with E-state index in [9.17, 15) is 4.79 Å². The Morgan fingerprint density at radius 2 is 2.03 bits per heavy atom. The zero-order chi connectivity index (χ0) is 24.2. The number of benzene rings is 1. The third-order valence-electron chi connectivity index (χ3n) is 5.37. The predicted molar refractivity (Wildman–Crippen MR) is 133 cm³/mol. The van der Waals surface area contributed by atoms with Gasteiger partial charge in [-0.2, -0.15) is 5.10 Å². The second-order valence-corrected chi connectivity index (χ2v) is 9.56. The van der Waals surface area contributed by atoms with Crippen molar-refractivity contribution < 1.29 is 9.53 Å². The number of aromatic nitrogens is 3. The SMILES string of the molecule is CCn1ncc2c(NCc3ccc(OC)c(Cl)c3)c(C(=O)NCC(C)(C)CN(C)C)cnc21. The zero-order valence-corrected chi connectivity index (χ0v) is 21.0. The van der Waals surface area contributed by atoms with E-state index in [2.05, 4.69) is 39.5 Å². The predicted octanol–water partition coefficient (Wildman–Crippen LogP) is 4.04. The summed E-state index contributed by atoms with van der Waals surface area (Å²) in [4.78, 5) is 19.8. The summed E-state index contributed by atoms with van der Waals surface area (Å²) in [5.41, 5.74) is 2.81. The van der Waals surface area contributed by atoms with Crippen molar-refractivity contribution in [2.45, 2.75) is 33.9 Å². The molecule has 1 aromatic carbocycles. The van der Waals surface area contributed by atoms with Crippen molar-refractivity contribution in [3.05, 3.63) is 46.7 Å². The standard InChI is InChI=1S/C24H33ClN6O2/c1-7-31-22-17(13-29-31)21(26-11-16-8-9-20(33-6)19(25)10-16)18(12-27-22)23(32)28-14-24(2,3)15-30(4)5/h8-10,12-13H,7,11,14-15H2,1-6H3,(H,26,27)(H,28,32). The summed E-state index contributed by atoms with van der Waals surface area (Å²) in [6.07, 6.45) is 3.37. The molecule has 0 radical (unpaired) electrons. The summed E-state index contributed by atoms with van der Waals surface area (Å²) in [5, 5.41) is 12.3. The Hall–Kier alpha value is -2.84. The van der Waals surface area contributed by atoms with Crippen molar-refractivity contribution in [2.75, 3.05) is 39.6 Å². The number of amides is 1. The van der Waals surface area contributed by atoms with E-state index in [1.165, 1.54) is 0 Å². The van der Waals surface area contributed by atoms with E-state index in [-0.39, 0.29) is 11.3 Å². The van der Waals surface area contributed by atoms with E-state index in [4.69, 9.17) is 16.3 Å². The van der Waals surface area contributed by atoms with E-state index in [0.717, 1.165) is 23.1 Å². The fourth-order valence-electron chi connectivity index (χ4n) is 3.96. The Bertz CT molecular complexity index is 1130. The molecule has 8 nitrogen and oxygen atoms in total. The fraction of sp³-hybridized carbons (Fsp3) is 0.458. The van der Waals surface area contributed by atoms with Crippen molar-refractivity contribution >= 4 is 34.2 Å². The molecule has 1 amide bonds. The maximum absolute atomic E-state index is 13.2. The van der Waals surface area contributed by atoms with Gasteiger partial charge in [0.25, 0.3) is 5.91 Å². The first kappa shape index (κ1) is 24.8. The van der Waals surface area contributed by atoms with E-state index < -0.39 is 0 Å². The molecule has 3 aromatic rings. The van der Waals surface area contributed by atoms with Gasteiger partial charge >= 0.3 is 0 Å². The number of hydrogen-bond donors (Lipinski definition) is 2. The Balaban J connectivity index is 1.89. The monoisotopic (exact) mass is 472 g/mol. The highest BCUT2D eigenvalue weighted by molar-refractivity contribution is 6.32. The third-order valence-corrected chi connectivity index (χ3v) is 5.66. The van der Waals surface area contributed by atoms with Gasteiger partial charge in [0.15, 0.2) is 5.65 Å². The van der Waals surface area contributed by atoms with Gasteiger partial charge in [-0.25, -0.2) is 9.67 Å². The molecule has 2 aromatic heterocycles. The summed E-state index contributed by atoms with van der Waals surface area (Å²) in [6.45, 7) is 8.84. The van der Waals surface area contributed by atoms with Gasteiger partial charge in [0.1, 0.15) is 5.75 Å². The molecular weight excluding hydrogens is 440 g/mol. The lowest BCUT2D eigenvalue weighted by atomic mass is 9.93. The summed E-state index contributed by atoms with van der Waals surface area (Å²) in [5.74, 6) is 0.451. The average Bonchev–Trinajstić information content (AvgIpc) is 3.18. The first-order chi connectivity index (χ1) is 15.6. The molecule has 33 heavy (non-hydrogen) atoms. The second kappa shape index (κ2) is 10.4. The van der Waals surface area contributed by atoms with Gasteiger partial charge in [-0.15, -0.1) is 0 Å². The van der Waals surface area contributed by atoms with Crippen molar-refractivity contribution in [3.63, 3.8) is 0 Å². The number of carbonyl (C=O) groups is 1. The number of fused-ring (bicyclic) bond motifs is 1. The normalized spacial score (nSPS) is 11.8. The number of methoxy groups -OCH3 is 1. The molecule has 3 rings (SSSR count). The number of nitrogens with one attached hydrogen (secondary N) is 2. The van der Waals surface area contributed by atoms with Crippen LogP contribution in [0.5, 0.6) is 5.75 Å². The molecule has 0 aliphatic carbocycles. The van der Waals surface area contributed by atoms with Crippen molar-refractivity contribution in [3.8, 4) is 5.75 Å². The molecular formula is C24H33ClN6O2. The topological polar surface area (TPSA) is 84.3 Å². The first-order valence-electron chi connectivity index (χ1n) is 11.0. The molecule has 0 saturated carbocycles. The van der Waals surface area contributed by atoms with Gasteiger partial charge in [-0.1, -0.05) is 31.5 Å². The number of carbonyl (C=O) groups excluding carboxylic acids is 1. The van der Waals surface area contributed by atoms with E-state index >= 15 is 0 Å². The molecule has 0 bridgehead atoms. The van der Waals surface area contributed by atoms with Crippen molar-refractivity contribution in [1.82, 2.24) is 25.0 Å². The molecule has 2 N–H and O–H groups in total. The smallest absolute Gasteiger partial charge is 0.255 e. The van der Waals surface area contributed by atoms with Crippen LogP contribution in [0.4, 0.5) is 5.69 Å². The molecule has 0 atom stereocenters. The molecule has 2 heterocycles. The molecule has 0 spiro atoms. The number of halogens is 1. The highest BCUT2D eigenvalue weighted by atomic mass is 35.5. The van der Waals surface area contributed by atoms with Gasteiger partial charge in [-0.05, 0) is 44.1 Å². The lowest BCUT2D eigenvalue weighted by molar-refractivity contribution is 0.0930. The molecule has 9 heteroatoms. The lowest BCUT2D eigenvalue weighted by Crippen LogP contribution is -2.40. The van der Waals surface area contributed by atoms with E-state index in [1.807, 2.05) is 43.9 Å². The largest absolute Gasteiger partial charge is 0.495 e. The average molecular weight is 473 g/mol. The molecule has 0 aliphatic heterocycles. The maximum Gasteiger partial charge on any atom is 0.255 e. The van der Waals surface area contributed by atoms with E-state index in [1.54, 1.807) is 19.5 Å².